The van der Waals surface area contributed by atoms with Crippen molar-refractivity contribution in [3.8, 4) is 0 Å². The van der Waals surface area contributed by atoms with Crippen LogP contribution in [0, 0.1) is 11.9 Å². The van der Waals surface area contributed by atoms with Crippen molar-refractivity contribution < 1.29 is 12.8 Å². The maximum Gasteiger partial charge on any atom is 0.214 e. The molecule has 100 valence electrons. The first-order valence-electron chi connectivity index (χ1n) is 5.82. The van der Waals surface area contributed by atoms with Crippen LogP contribution in [0.2, 0.25) is 0 Å². The predicted molar refractivity (Wildman–Crippen MR) is 67.1 cm³/mol. The van der Waals surface area contributed by atoms with Crippen LogP contribution in [0.3, 0.4) is 0 Å². The van der Waals surface area contributed by atoms with E-state index in [-0.39, 0.29) is 11.7 Å². The zero-order chi connectivity index (χ0) is 13.2. The summed E-state index contributed by atoms with van der Waals surface area (Å²) in [5, 5.41) is 5.05. The molecule has 1 atom stereocenters. The number of rotatable bonds is 3. The van der Waals surface area contributed by atoms with Crippen molar-refractivity contribution in [1.82, 2.24) is 4.98 Å². The molecular formula is C11H16FN3O2S. The number of hydrogen-bond acceptors (Lipinski definition) is 4. The summed E-state index contributed by atoms with van der Waals surface area (Å²) in [5.74, 6) is -0.0206. The van der Waals surface area contributed by atoms with Crippen LogP contribution in [0.1, 0.15) is 12.8 Å². The van der Waals surface area contributed by atoms with Gasteiger partial charge in [-0.15, -0.1) is 0 Å². The Labute approximate surface area is 106 Å². The monoisotopic (exact) mass is 273 g/mol. The van der Waals surface area contributed by atoms with Crippen LogP contribution in [0.25, 0.3) is 0 Å². The van der Waals surface area contributed by atoms with E-state index in [4.69, 9.17) is 5.14 Å². The van der Waals surface area contributed by atoms with E-state index in [1.807, 2.05) is 4.90 Å². The van der Waals surface area contributed by atoms with Crippen LogP contribution in [0.4, 0.5) is 10.2 Å². The molecule has 0 aliphatic carbocycles. The molecule has 1 aliphatic heterocycles. The first-order valence-corrected chi connectivity index (χ1v) is 7.53. The highest BCUT2D eigenvalue weighted by atomic mass is 32.2. The third-order valence-electron chi connectivity index (χ3n) is 3.01. The van der Waals surface area contributed by atoms with Crippen molar-refractivity contribution in [2.24, 2.45) is 11.1 Å². The van der Waals surface area contributed by atoms with Gasteiger partial charge in [-0.3, -0.25) is 0 Å². The van der Waals surface area contributed by atoms with Gasteiger partial charge in [0.15, 0.2) is 0 Å². The fraction of sp³-hybridized carbons (Fsp3) is 0.545. The molecular weight excluding hydrogens is 257 g/mol. The van der Waals surface area contributed by atoms with Crippen molar-refractivity contribution >= 4 is 15.8 Å². The van der Waals surface area contributed by atoms with Crippen LogP contribution in [-0.2, 0) is 10.0 Å². The largest absolute Gasteiger partial charge is 0.356 e. The summed E-state index contributed by atoms with van der Waals surface area (Å²) in [6.07, 6.45) is 1.68. The van der Waals surface area contributed by atoms with Gasteiger partial charge >= 0.3 is 0 Å². The lowest BCUT2D eigenvalue weighted by molar-refractivity contribution is 0.440. The normalized spacial score (nSPS) is 21.0. The van der Waals surface area contributed by atoms with E-state index in [0.29, 0.717) is 12.4 Å². The fourth-order valence-electron chi connectivity index (χ4n) is 2.31. The van der Waals surface area contributed by atoms with E-state index in [1.54, 1.807) is 12.1 Å². The van der Waals surface area contributed by atoms with Gasteiger partial charge in [0.2, 0.25) is 16.0 Å². The maximum atomic E-state index is 13.0. The maximum absolute atomic E-state index is 13.0. The molecule has 5 nitrogen and oxygen atoms in total. The number of piperidine rings is 1. The second kappa shape index (κ2) is 5.19. The molecule has 1 aliphatic rings. The first kappa shape index (κ1) is 13.2. The Morgan fingerprint density at radius 3 is 2.94 bits per heavy atom. The Kier molecular flexibility index (Phi) is 3.82. The second-order valence-corrected chi connectivity index (χ2v) is 6.26. The summed E-state index contributed by atoms with van der Waals surface area (Å²) >= 11 is 0. The van der Waals surface area contributed by atoms with E-state index >= 15 is 0 Å². The summed E-state index contributed by atoms with van der Waals surface area (Å²) in [6.45, 7) is 1.31. The minimum absolute atomic E-state index is 0.0150. The molecule has 0 aromatic carbocycles. The van der Waals surface area contributed by atoms with Crippen molar-refractivity contribution in [2.45, 2.75) is 12.8 Å². The Morgan fingerprint density at radius 1 is 1.50 bits per heavy atom. The quantitative estimate of drug-likeness (QED) is 0.824. The molecule has 2 heterocycles. The van der Waals surface area contributed by atoms with E-state index < -0.39 is 16.0 Å². The summed E-state index contributed by atoms with van der Waals surface area (Å²) < 4.78 is 35.2. The van der Waals surface area contributed by atoms with Crippen LogP contribution in [0.5, 0.6) is 0 Å². The SMILES string of the molecule is NS(=O)(=O)C[C@H]1CCCN(c2cccc(F)n2)C1. The smallest absolute Gasteiger partial charge is 0.214 e. The predicted octanol–water partition coefficient (Wildman–Crippen LogP) is 0.726. The zero-order valence-electron chi connectivity index (χ0n) is 9.92. The van der Waals surface area contributed by atoms with Crippen LogP contribution in [0.15, 0.2) is 18.2 Å². The molecule has 2 rings (SSSR count). The van der Waals surface area contributed by atoms with Gasteiger partial charge in [0.25, 0.3) is 0 Å². The van der Waals surface area contributed by atoms with Crippen molar-refractivity contribution in [3.63, 3.8) is 0 Å². The fourth-order valence-corrected chi connectivity index (χ4v) is 3.24. The summed E-state index contributed by atoms with van der Waals surface area (Å²) in [5.41, 5.74) is 0. The van der Waals surface area contributed by atoms with E-state index in [2.05, 4.69) is 4.98 Å². The van der Waals surface area contributed by atoms with Crippen LogP contribution in [-0.4, -0.2) is 32.2 Å². The van der Waals surface area contributed by atoms with Crippen LogP contribution < -0.4 is 10.0 Å². The highest BCUT2D eigenvalue weighted by Gasteiger charge is 2.24. The molecule has 2 N–H and O–H groups in total. The second-order valence-electron chi connectivity index (χ2n) is 4.60. The zero-order valence-corrected chi connectivity index (χ0v) is 10.7. The van der Waals surface area contributed by atoms with E-state index in [0.717, 1.165) is 19.4 Å². The van der Waals surface area contributed by atoms with Gasteiger partial charge in [-0.25, -0.2) is 18.5 Å². The number of primary sulfonamides is 1. The van der Waals surface area contributed by atoms with Crippen molar-refractivity contribution in [1.29, 1.82) is 0 Å². The van der Waals surface area contributed by atoms with E-state index in [9.17, 15) is 12.8 Å². The number of sulfonamides is 1. The molecule has 0 amide bonds. The number of nitrogens with zero attached hydrogens (tertiary/aromatic N) is 2. The van der Waals surface area contributed by atoms with Crippen molar-refractivity contribution in [2.75, 3.05) is 23.7 Å². The van der Waals surface area contributed by atoms with E-state index in [1.165, 1.54) is 6.07 Å². The molecule has 0 bridgehead atoms. The van der Waals surface area contributed by atoms with Gasteiger partial charge in [-0.05, 0) is 30.9 Å². The highest BCUT2D eigenvalue weighted by Crippen LogP contribution is 2.22. The molecule has 0 spiro atoms. The lowest BCUT2D eigenvalue weighted by atomic mass is 10.0. The Bertz CT molecular complexity index is 521. The molecule has 1 fully saturated rings. The third-order valence-corrected chi connectivity index (χ3v) is 3.95. The molecule has 18 heavy (non-hydrogen) atoms. The van der Waals surface area contributed by atoms with Gasteiger partial charge in [0.05, 0.1) is 5.75 Å². The Hall–Kier alpha value is -1.21. The standard InChI is InChI=1S/C11H16FN3O2S/c12-10-4-1-5-11(14-10)15-6-2-3-9(7-15)8-18(13,16)17/h1,4-5,9H,2-3,6-8H2,(H2,13,16,17)/t9-/m0/s1. The molecule has 1 saturated heterocycles. The van der Waals surface area contributed by atoms with Gasteiger partial charge in [-0.2, -0.15) is 4.39 Å². The average Bonchev–Trinajstić information content (AvgIpc) is 2.27. The highest BCUT2D eigenvalue weighted by molar-refractivity contribution is 7.89. The number of pyridine rings is 1. The lowest BCUT2D eigenvalue weighted by Gasteiger charge is -2.33. The third kappa shape index (κ3) is 3.64. The number of halogens is 1. The average molecular weight is 273 g/mol. The number of hydrogen-bond donors (Lipinski definition) is 1. The molecule has 7 heteroatoms. The van der Waals surface area contributed by atoms with Crippen molar-refractivity contribution in [3.05, 3.63) is 24.1 Å². The van der Waals surface area contributed by atoms with Gasteiger partial charge in [0.1, 0.15) is 5.82 Å². The van der Waals surface area contributed by atoms with Crippen LogP contribution >= 0.6 is 0 Å². The minimum atomic E-state index is -3.46. The van der Waals surface area contributed by atoms with Gasteiger partial charge < -0.3 is 4.90 Å². The first-order chi connectivity index (χ1) is 8.44. The molecule has 0 unspecified atom stereocenters. The molecule has 1 aromatic heterocycles. The molecule has 1 aromatic rings. The topological polar surface area (TPSA) is 76.3 Å². The summed E-state index contributed by atoms with van der Waals surface area (Å²) in [7, 11) is -3.46. The Balaban J connectivity index is 2.07. The molecule has 0 radical (unpaired) electrons. The summed E-state index contributed by atoms with van der Waals surface area (Å²) in [4.78, 5) is 5.71. The van der Waals surface area contributed by atoms with Gasteiger partial charge in [0, 0.05) is 13.1 Å². The van der Waals surface area contributed by atoms with Gasteiger partial charge in [-0.1, -0.05) is 6.07 Å². The number of aromatic nitrogens is 1. The number of anilines is 1. The summed E-state index contributed by atoms with van der Waals surface area (Å²) in [6, 6.07) is 4.61. The Morgan fingerprint density at radius 2 is 2.28 bits per heavy atom. The molecule has 0 saturated carbocycles. The number of nitrogens with two attached hydrogens (primary N) is 1. The lowest BCUT2D eigenvalue weighted by Crippen LogP contribution is -2.39. The minimum Gasteiger partial charge on any atom is -0.356 e.